The van der Waals surface area contributed by atoms with Crippen LogP contribution in [0.2, 0.25) is 0 Å². The summed E-state index contributed by atoms with van der Waals surface area (Å²) in [7, 11) is 0. The molecule has 134 valence electrons. The zero-order chi connectivity index (χ0) is 18.5. The number of hydrogen-bond acceptors (Lipinski definition) is 6. The molecule has 0 aliphatic heterocycles. The molecule has 1 aromatic carbocycles. The second kappa shape index (κ2) is 7.97. The normalized spacial score (nSPS) is 11.8. The summed E-state index contributed by atoms with van der Waals surface area (Å²) in [4.78, 5) is 28.4. The molecule has 7 heteroatoms. The molecule has 0 fully saturated rings. The minimum atomic E-state index is -0.969. The molecule has 0 radical (unpaired) electrons. The van der Waals surface area contributed by atoms with E-state index in [2.05, 4.69) is 29.4 Å². The van der Waals surface area contributed by atoms with E-state index >= 15 is 0 Å². The summed E-state index contributed by atoms with van der Waals surface area (Å²) in [6.45, 7) is 3.60. The highest BCUT2D eigenvalue weighted by Gasteiger charge is 2.21. The molecule has 0 saturated heterocycles. The predicted molar refractivity (Wildman–Crippen MR) is 99.1 cm³/mol. The number of carbonyl (C=O) groups excluding carboxylic acids is 2. The van der Waals surface area contributed by atoms with Crippen LogP contribution in [0.1, 0.15) is 30.0 Å². The van der Waals surface area contributed by atoms with Gasteiger partial charge in [-0.05, 0) is 31.0 Å². The summed E-state index contributed by atoms with van der Waals surface area (Å²) in [6.07, 6.45) is 1.38. The van der Waals surface area contributed by atoms with Crippen molar-refractivity contribution in [1.29, 1.82) is 0 Å². The second-order valence-corrected chi connectivity index (χ2v) is 6.46. The van der Waals surface area contributed by atoms with Crippen molar-refractivity contribution in [2.75, 3.05) is 5.32 Å². The zero-order valence-corrected chi connectivity index (χ0v) is 15.2. The molecule has 3 rings (SSSR count). The van der Waals surface area contributed by atoms with E-state index in [9.17, 15) is 9.59 Å². The van der Waals surface area contributed by atoms with Crippen molar-refractivity contribution >= 4 is 28.3 Å². The van der Waals surface area contributed by atoms with Crippen LogP contribution in [0.4, 0.5) is 5.13 Å². The van der Waals surface area contributed by atoms with E-state index in [-0.39, 0.29) is 5.76 Å². The molecule has 0 saturated carbocycles. The van der Waals surface area contributed by atoms with Crippen LogP contribution in [0.25, 0.3) is 11.3 Å². The molecular weight excluding hydrogens is 352 g/mol. The highest BCUT2D eigenvalue weighted by molar-refractivity contribution is 7.14. The lowest BCUT2D eigenvalue weighted by Crippen LogP contribution is -2.29. The van der Waals surface area contributed by atoms with E-state index in [1.165, 1.54) is 36.2 Å². The summed E-state index contributed by atoms with van der Waals surface area (Å²) in [5.41, 5.74) is 3.02. The number of furan rings is 1. The average Bonchev–Trinajstić information content (AvgIpc) is 3.34. The van der Waals surface area contributed by atoms with Gasteiger partial charge in [0, 0.05) is 10.9 Å². The topological polar surface area (TPSA) is 81.4 Å². The first-order chi connectivity index (χ1) is 12.6. The van der Waals surface area contributed by atoms with Gasteiger partial charge in [-0.25, -0.2) is 9.78 Å². The standard InChI is InChI=1S/C19H18N2O4S/c1-3-13-6-8-14(9-7-13)15-11-26-19(20-15)21-17(22)12(2)25-18(23)16-5-4-10-24-16/h4-12H,3H2,1-2H3,(H,20,21,22)/t12-/m1/s1. The molecular formula is C19H18N2O4S. The molecule has 0 bridgehead atoms. The third-order valence-electron chi connectivity index (χ3n) is 3.77. The zero-order valence-electron chi connectivity index (χ0n) is 14.4. The van der Waals surface area contributed by atoms with Gasteiger partial charge < -0.3 is 9.15 Å². The van der Waals surface area contributed by atoms with Gasteiger partial charge in [0.05, 0.1) is 12.0 Å². The first-order valence-electron chi connectivity index (χ1n) is 8.17. The monoisotopic (exact) mass is 370 g/mol. The lowest BCUT2D eigenvalue weighted by atomic mass is 10.1. The van der Waals surface area contributed by atoms with Crippen LogP contribution in [-0.2, 0) is 16.0 Å². The number of aryl methyl sites for hydroxylation is 1. The maximum Gasteiger partial charge on any atom is 0.374 e. The number of hydrogen-bond donors (Lipinski definition) is 1. The SMILES string of the molecule is CCc1ccc(-c2csc(NC(=O)[C@@H](C)OC(=O)c3ccco3)n2)cc1. The predicted octanol–water partition coefficient (Wildman–Crippen LogP) is 4.15. The Morgan fingerprint density at radius 2 is 2.04 bits per heavy atom. The van der Waals surface area contributed by atoms with Crippen LogP contribution in [0, 0.1) is 0 Å². The van der Waals surface area contributed by atoms with E-state index in [0.29, 0.717) is 5.13 Å². The molecule has 1 amide bonds. The highest BCUT2D eigenvalue weighted by Crippen LogP contribution is 2.25. The summed E-state index contributed by atoms with van der Waals surface area (Å²) < 4.78 is 10.0. The van der Waals surface area contributed by atoms with Gasteiger partial charge in [0.2, 0.25) is 5.76 Å². The molecule has 6 nitrogen and oxygen atoms in total. The summed E-state index contributed by atoms with van der Waals surface area (Å²) in [5.74, 6) is -1.09. The van der Waals surface area contributed by atoms with Crippen molar-refractivity contribution in [1.82, 2.24) is 4.98 Å². The lowest BCUT2D eigenvalue weighted by Gasteiger charge is -2.11. The highest BCUT2D eigenvalue weighted by atomic mass is 32.1. The first kappa shape index (κ1) is 17.9. The van der Waals surface area contributed by atoms with Crippen LogP contribution in [-0.4, -0.2) is 23.0 Å². The van der Waals surface area contributed by atoms with Gasteiger partial charge in [0.15, 0.2) is 11.2 Å². The van der Waals surface area contributed by atoms with Gasteiger partial charge >= 0.3 is 5.97 Å². The number of nitrogens with zero attached hydrogens (tertiary/aromatic N) is 1. The van der Waals surface area contributed by atoms with Crippen molar-refractivity contribution in [3.63, 3.8) is 0 Å². The number of nitrogens with one attached hydrogen (secondary N) is 1. The number of benzene rings is 1. The maximum absolute atomic E-state index is 12.2. The van der Waals surface area contributed by atoms with Crippen LogP contribution < -0.4 is 5.32 Å². The fourth-order valence-electron chi connectivity index (χ4n) is 2.25. The number of aromatic nitrogens is 1. The van der Waals surface area contributed by atoms with Crippen molar-refractivity contribution in [3.8, 4) is 11.3 Å². The van der Waals surface area contributed by atoms with E-state index in [1.807, 2.05) is 17.5 Å². The maximum atomic E-state index is 12.2. The van der Waals surface area contributed by atoms with Crippen LogP contribution >= 0.6 is 11.3 Å². The Balaban J connectivity index is 1.60. The number of anilines is 1. The Morgan fingerprint density at radius 1 is 1.27 bits per heavy atom. The third kappa shape index (κ3) is 4.18. The number of rotatable bonds is 6. The van der Waals surface area contributed by atoms with Gasteiger partial charge in [-0.15, -0.1) is 11.3 Å². The molecule has 26 heavy (non-hydrogen) atoms. The Kier molecular flexibility index (Phi) is 5.48. The van der Waals surface area contributed by atoms with Crippen LogP contribution in [0.5, 0.6) is 0 Å². The quantitative estimate of drug-likeness (QED) is 0.659. The number of thiazole rings is 1. The number of amides is 1. The lowest BCUT2D eigenvalue weighted by molar-refractivity contribution is -0.123. The minimum absolute atomic E-state index is 0.0525. The Morgan fingerprint density at radius 3 is 2.69 bits per heavy atom. The van der Waals surface area contributed by atoms with E-state index in [0.717, 1.165) is 17.7 Å². The number of esters is 1. The largest absolute Gasteiger partial charge is 0.457 e. The smallest absolute Gasteiger partial charge is 0.374 e. The molecule has 3 aromatic rings. The summed E-state index contributed by atoms with van der Waals surface area (Å²) in [6, 6.07) is 11.2. The molecule has 0 aliphatic rings. The fourth-order valence-corrected chi connectivity index (χ4v) is 2.97. The van der Waals surface area contributed by atoms with Gasteiger partial charge in [-0.1, -0.05) is 31.2 Å². The minimum Gasteiger partial charge on any atom is -0.457 e. The van der Waals surface area contributed by atoms with Gasteiger partial charge in [0.25, 0.3) is 5.91 Å². The van der Waals surface area contributed by atoms with Gasteiger partial charge in [-0.2, -0.15) is 0 Å². The molecule has 0 aliphatic carbocycles. The third-order valence-corrected chi connectivity index (χ3v) is 4.53. The molecule has 2 aromatic heterocycles. The first-order valence-corrected chi connectivity index (χ1v) is 9.05. The molecule has 2 heterocycles. The number of carbonyl (C=O) groups is 2. The van der Waals surface area contributed by atoms with Crippen molar-refractivity contribution in [3.05, 3.63) is 59.4 Å². The van der Waals surface area contributed by atoms with Gasteiger partial charge in [-0.3, -0.25) is 10.1 Å². The van der Waals surface area contributed by atoms with E-state index in [4.69, 9.17) is 9.15 Å². The molecule has 1 atom stereocenters. The fraction of sp³-hybridized carbons (Fsp3) is 0.211. The summed E-state index contributed by atoms with van der Waals surface area (Å²) in [5, 5.41) is 4.99. The van der Waals surface area contributed by atoms with Crippen molar-refractivity contribution in [2.45, 2.75) is 26.4 Å². The second-order valence-electron chi connectivity index (χ2n) is 5.60. The molecule has 0 unspecified atom stereocenters. The van der Waals surface area contributed by atoms with Gasteiger partial charge in [0.1, 0.15) is 0 Å². The van der Waals surface area contributed by atoms with E-state index in [1.54, 1.807) is 6.07 Å². The molecule has 1 N–H and O–H groups in total. The number of ether oxygens (including phenoxy) is 1. The Labute approximate surface area is 154 Å². The Hall–Kier alpha value is -2.93. The molecule has 0 spiro atoms. The van der Waals surface area contributed by atoms with E-state index < -0.39 is 18.0 Å². The van der Waals surface area contributed by atoms with Crippen LogP contribution in [0.15, 0.2) is 52.5 Å². The van der Waals surface area contributed by atoms with Crippen molar-refractivity contribution in [2.24, 2.45) is 0 Å². The summed E-state index contributed by atoms with van der Waals surface area (Å²) >= 11 is 1.31. The Bertz CT molecular complexity index is 885. The van der Waals surface area contributed by atoms with Crippen molar-refractivity contribution < 1.29 is 18.7 Å². The average molecular weight is 370 g/mol. The van der Waals surface area contributed by atoms with Crippen LogP contribution in [0.3, 0.4) is 0 Å².